The molecule has 3 aliphatic rings. The SMILES string of the molecule is Cc1cc2c(cc1O)[C@@]13CCCC[C@H]1[C@H](C2)N(C)CC3. The largest absolute Gasteiger partial charge is 0.508 e. The maximum atomic E-state index is 10.2. The molecule has 0 spiro atoms. The third kappa shape index (κ3) is 1.54. The lowest BCUT2D eigenvalue weighted by molar-refractivity contribution is 0.00271. The third-order valence-electron chi connectivity index (χ3n) is 6.43. The van der Waals surface area contributed by atoms with Crippen molar-refractivity contribution < 1.29 is 5.11 Å². The quantitative estimate of drug-likeness (QED) is 0.782. The molecule has 2 fully saturated rings. The molecule has 1 aromatic rings. The number of aryl methyl sites for hydroxylation is 1. The maximum absolute atomic E-state index is 10.2. The van der Waals surface area contributed by atoms with Crippen molar-refractivity contribution in [1.82, 2.24) is 4.90 Å². The number of likely N-dealkylation sites (N-methyl/N-ethyl adjacent to an activating group) is 1. The summed E-state index contributed by atoms with van der Waals surface area (Å²) < 4.78 is 0. The van der Waals surface area contributed by atoms with E-state index in [0.29, 0.717) is 11.2 Å². The predicted octanol–water partition coefficient (Wildman–Crippen LogP) is 3.39. The molecule has 2 nitrogen and oxygen atoms in total. The van der Waals surface area contributed by atoms with E-state index in [-0.39, 0.29) is 0 Å². The molecule has 2 heteroatoms. The van der Waals surface area contributed by atoms with E-state index in [2.05, 4.69) is 24.1 Å². The molecule has 2 aliphatic carbocycles. The van der Waals surface area contributed by atoms with Crippen LogP contribution in [0, 0.1) is 12.8 Å². The molecule has 2 bridgehead atoms. The van der Waals surface area contributed by atoms with E-state index in [1.165, 1.54) is 56.2 Å². The summed E-state index contributed by atoms with van der Waals surface area (Å²) >= 11 is 0. The zero-order chi connectivity index (χ0) is 13.9. The predicted molar refractivity (Wildman–Crippen MR) is 81.2 cm³/mol. The zero-order valence-corrected chi connectivity index (χ0v) is 12.7. The number of hydrogen-bond donors (Lipinski definition) is 1. The van der Waals surface area contributed by atoms with Crippen molar-refractivity contribution in [2.45, 2.75) is 56.9 Å². The minimum Gasteiger partial charge on any atom is -0.508 e. The van der Waals surface area contributed by atoms with Crippen LogP contribution in [-0.4, -0.2) is 29.6 Å². The molecular weight excluding hydrogens is 246 g/mol. The number of aromatic hydroxyl groups is 1. The Morgan fingerprint density at radius 1 is 1.25 bits per heavy atom. The molecule has 20 heavy (non-hydrogen) atoms. The Kier molecular flexibility index (Phi) is 2.69. The topological polar surface area (TPSA) is 23.5 Å². The van der Waals surface area contributed by atoms with Crippen LogP contribution in [0.25, 0.3) is 0 Å². The zero-order valence-electron chi connectivity index (χ0n) is 12.7. The van der Waals surface area contributed by atoms with Gasteiger partial charge in [0.15, 0.2) is 0 Å². The molecule has 1 saturated carbocycles. The van der Waals surface area contributed by atoms with E-state index >= 15 is 0 Å². The average Bonchev–Trinajstić information content (AvgIpc) is 2.45. The van der Waals surface area contributed by atoms with Crippen molar-refractivity contribution in [2.24, 2.45) is 5.92 Å². The van der Waals surface area contributed by atoms with Gasteiger partial charge in [0.1, 0.15) is 5.75 Å². The van der Waals surface area contributed by atoms with Gasteiger partial charge in [-0.05, 0) is 74.9 Å². The Labute approximate surface area is 121 Å². The minimum absolute atomic E-state index is 0.369. The van der Waals surface area contributed by atoms with E-state index in [1.54, 1.807) is 0 Å². The molecule has 1 heterocycles. The molecule has 1 aliphatic heterocycles. The number of hydrogen-bond acceptors (Lipinski definition) is 2. The standard InChI is InChI=1S/C18H25NO/c1-12-9-13-10-16-14-5-3-4-6-18(14,7-8-19(16)2)15(13)11-17(12)20/h9,11,14,16,20H,3-8,10H2,1-2H3/t14-,16-,18+/m0/s1. The van der Waals surface area contributed by atoms with E-state index in [0.717, 1.165) is 17.5 Å². The maximum Gasteiger partial charge on any atom is 0.118 e. The minimum atomic E-state index is 0.369. The second kappa shape index (κ2) is 4.24. The Morgan fingerprint density at radius 3 is 2.95 bits per heavy atom. The highest BCUT2D eigenvalue weighted by Crippen LogP contribution is 2.56. The molecule has 3 atom stereocenters. The van der Waals surface area contributed by atoms with Crippen molar-refractivity contribution in [3.8, 4) is 5.75 Å². The fourth-order valence-electron chi connectivity index (χ4n) is 5.37. The first-order valence-corrected chi connectivity index (χ1v) is 8.15. The second-order valence-corrected chi connectivity index (χ2v) is 7.31. The molecule has 1 aromatic carbocycles. The molecule has 0 amide bonds. The van der Waals surface area contributed by atoms with Gasteiger partial charge in [0.2, 0.25) is 0 Å². The van der Waals surface area contributed by atoms with Crippen molar-refractivity contribution in [3.05, 3.63) is 28.8 Å². The van der Waals surface area contributed by atoms with E-state index in [9.17, 15) is 5.11 Å². The molecule has 1 N–H and O–H groups in total. The van der Waals surface area contributed by atoms with Crippen LogP contribution in [0.3, 0.4) is 0 Å². The van der Waals surface area contributed by atoms with Gasteiger partial charge >= 0.3 is 0 Å². The number of piperidine rings is 1. The Morgan fingerprint density at radius 2 is 2.10 bits per heavy atom. The lowest BCUT2D eigenvalue weighted by Gasteiger charge is -2.58. The van der Waals surface area contributed by atoms with Crippen LogP contribution in [0.4, 0.5) is 0 Å². The summed E-state index contributed by atoms with van der Waals surface area (Å²) in [6.45, 7) is 3.25. The van der Waals surface area contributed by atoms with Gasteiger partial charge in [-0.1, -0.05) is 18.9 Å². The highest BCUT2D eigenvalue weighted by Gasteiger charge is 2.53. The van der Waals surface area contributed by atoms with Crippen LogP contribution in [0.2, 0.25) is 0 Å². The molecular formula is C18H25NO. The first-order chi connectivity index (χ1) is 9.62. The fourth-order valence-corrected chi connectivity index (χ4v) is 5.37. The summed E-state index contributed by atoms with van der Waals surface area (Å²) in [6, 6.07) is 5.09. The van der Waals surface area contributed by atoms with Gasteiger partial charge < -0.3 is 10.0 Å². The average molecular weight is 271 g/mol. The lowest BCUT2D eigenvalue weighted by Crippen LogP contribution is -2.59. The van der Waals surface area contributed by atoms with Crippen molar-refractivity contribution in [2.75, 3.05) is 13.6 Å². The number of benzene rings is 1. The third-order valence-corrected chi connectivity index (χ3v) is 6.43. The molecule has 0 radical (unpaired) electrons. The van der Waals surface area contributed by atoms with E-state index < -0.39 is 0 Å². The van der Waals surface area contributed by atoms with Gasteiger partial charge in [-0.2, -0.15) is 0 Å². The molecule has 1 saturated heterocycles. The summed E-state index contributed by atoms with van der Waals surface area (Å²) in [5.74, 6) is 1.31. The van der Waals surface area contributed by atoms with Crippen LogP contribution < -0.4 is 0 Å². The number of nitrogens with zero attached hydrogens (tertiary/aromatic N) is 1. The number of likely N-dealkylation sites (tertiary alicyclic amines) is 1. The monoisotopic (exact) mass is 271 g/mol. The van der Waals surface area contributed by atoms with Crippen molar-refractivity contribution >= 4 is 0 Å². The van der Waals surface area contributed by atoms with Gasteiger partial charge in [-0.3, -0.25) is 0 Å². The number of fused-ring (bicyclic) bond motifs is 1. The first kappa shape index (κ1) is 12.7. The van der Waals surface area contributed by atoms with E-state index in [4.69, 9.17) is 0 Å². The van der Waals surface area contributed by atoms with Gasteiger partial charge in [0.25, 0.3) is 0 Å². The van der Waals surface area contributed by atoms with Gasteiger partial charge in [0.05, 0.1) is 0 Å². The Hall–Kier alpha value is -1.02. The smallest absolute Gasteiger partial charge is 0.118 e. The van der Waals surface area contributed by atoms with Crippen LogP contribution in [0.15, 0.2) is 12.1 Å². The molecule has 0 aromatic heterocycles. The fraction of sp³-hybridized carbons (Fsp3) is 0.667. The highest BCUT2D eigenvalue weighted by molar-refractivity contribution is 5.48. The molecule has 4 rings (SSSR count). The molecule has 0 unspecified atom stereocenters. The number of phenols is 1. The lowest BCUT2D eigenvalue weighted by atomic mass is 9.52. The highest BCUT2D eigenvalue weighted by atomic mass is 16.3. The number of phenolic OH excluding ortho intramolecular Hbond substituents is 1. The van der Waals surface area contributed by atoms with Crippen molar-refractivity contribution in [3.63, 3.8) is 0 Å². The summed E-state index contributed by atoms with van der Waals surface area (Å²) in [4.78, 5) is 2.60. The molecule has 108 valence electrons. The van der Waals surface area contributed by atoms with Gasteiger partial charge in [-0.15, -0.1) is 0 Å². The van der Waals surface area contributed by atoms with Crippen LogP contribution in [0.5, 0.6) is 5.75 Å². The van der Waals surface area contributed by atoms with Crippen molar-refractivity contribution in [1.29, 1.82) is 0 Å². The second-order valence-electron chi connectivity index (χ2n) is 7.31. The first-order valence-electron chi connectivity index (χ1n) is 8.15. The van der Waals surface area contributed by atoms with Gasteiger partial charge in [0, 0.05) is 11.5 Å². The summed E-state index contributed by atoms with van der Waals surface area (Å²) in [5, 5.41) is 10.2. The normalized spacial score (nSPS) is 36.3. The van der Waals surface area contributed by atoms with Gasteiger partial charge in [-0.25, -0.2) is 0 Å². The number of rotatable bonds is 0. The summed E-state index contributed by atoms with van der Waals surface area (Å²) in [7, 11) is 2.31. The Balaban J connectivity index is 1.92. The Bertz CT molecular complexity index is 553. The summed E-state index contributed by atoms with van der Waals surface area (Å²) in [5.41, 5.74) is 4.41. The van der Waals surface area contributed by atoms with Crippen LogP contribution in [0.1, 0.15) is 48.8 Å². The van der Waals surface area contributed by atoms with Crippen LogP contribution in [-0.2, 0) is 11.8 Å². The summed E-state index contributed by atoms with van der Waals surface area (Å²) in [6.07, 6.45) is 7.92. The van der Waals surface area contributed by atoms with E-state index in [1.807, 2.05) is 6.92 Å². The van der Waals surface area contributed by atoms with Crippen LogP contribution >= 0.6 is 0 Å².